The lowest BCUT2D eigenvalue weighted by Crippen LogP contribution is -2.03. The van der Waals surface area contributed by atoms with Crippen LogP contribution in [0.1, 0.15) is 16.1 Å². The SMILES string of the molecule is O=C(c1ccccc1O)c1oc2c(c1-c1ccc([N+](=O)[O-])o1)c(=O)oc1ccccc12. The van der Waals surface area contributed by atoms with Crippen LogP contribution in [0.15, 0.2) is 78.7 Å². The molecule has 5 rings (SSSR count). The third-order valence-corrected chi connectivity index (χ3v) is 4.82. The van der Waals surface area contributed by atoms with Crippen LogP contribution < -0.4 is 5.63 Å². The van der Waals surface area contributed by atoms with E-state index in [1.807, 2.05) is 0 Å². The molecule has 0 radical (unpaired) electrons. The maximum absolute atomic E-state index is 13.3. The van der Waals surface area contributed by atoms with Crippen LogP contribution in [0, 0.1) is 10.1 Å². The summed E-state index contributed by atoms with van der Waals surface area (Å²) in [6.07, 6.45) is 0. The number of aromatic hydroxyl groups is 1. The van der Waals surface area contributed by atoms with E-state index in [4.69, 9.17) is 13.3 Å². The van der Waals surface area contributed by atoms with Crippen LogP contribution in [0.3, 0.4) is 0 Å². The molecule has 0 saturated heterocycles. The van der Waals surface area contributed by atoms with Crippen molar-refractivity contribution in [2.45, 2.75) is 0 Å². The summed E-state index contributed by atoms with van der Waals surface area (Å²) in [5.41, 5.74) is -0.650. The fourth-order valence-electron chi connectivity index (χ4n) is 3.45. The van der Waals surface area contributed by atoms with E-state index in [0.717, 1.165) is 6.07 Å². The first kappa shape index (κ1) is 18.4. The monoisotopic (exact) mass is 417 g/mol. The molecule has 3 heterocycles. The second kappa shape index (κ2) is 6.70. The van der Waals surface area contributed by atoms with Crippen molar-refractivity contribution < 1.29 is 28.1 Å². The van der Waals surface area contributed by atoms with Gasteiger partial charge in [0.15, 0.2) is 11.3 Å². The van der Waals surface area contributed by atoms with Gasteiger partial charge in [-0.3, -0.25) is 14.9 Å². The van der Waals surface area contributed by atoms with Gasteiger partial charge in [-0.2, -0.15) is 0 Å². The molecular formula is C22H11NO8. The number of fused-ring (bicyclic) bond motifs is 3. The highest BCUT2D eigenvalue weighted by atomic mass is 16.6. The first-order valence-electron chi connectivity index (χ1n) is 9.01. The minimum Gasteiger partial charge on any atom is -0.507 e. The van der Waals surface area contributed by atoms with Gasteiger partial charge in [0, 0.05) is 0 Å². The summed E-state index contributed by atoms with van der Waals surface area (Å²) in [5, 5.41) is 21.5. The number of phenols is 1. The molecule has 0 saturated carbocycles. The highest BCUT2D eigenvalue weighted by molar-refractivity contribution is 6.18. The molecule has 0 aliphatic rings. The molecule has 31 heavy (non-hydrogen) atoms. The van der Waals surface area contributed by atoms with Crippen molar-refractivity contribution in [3.05, 3.63) is 92.5 Å². The summed E-state index contributed by atoms with van der Waals surface area (Å²) < 4.78 is 16.5. The van der Waals surface area contributed by atoms with Gasteiger partial charge in [-0.15, -0.1) is 0 Å². The molecule has 152 valence electrons. The third-order valence-electron chi connectivity index (χ3n) is 4.82. The van der Waals surface area contributed by atoms with Gasteiger partial charge < -0.3 is 18.4 Å². The van der Waals surface area contributed by atoms with Crippen LogP contribution in [0.5, 0.6) is 5.75 Å². The maximum Gasteiger partial charge on any atom is 0.433 e. The zero-order valence-corrected chi connectivity index (χ0v) is 15.5. The van der Waals surface area contributed by atoms with Gasteiger partial charge in [0.05, 0.1) is 22.6 Å². The number of para-hydroxylation sites is 2. The van der Waals surface area contributed by atoms with E-state index in [0.29, 0.717) is 5.39 Å². The van der Waals surface area contributed by atoms with Gasteiger partial charge in [-0.1, -0.05) is 24.3 Å². The zero-order chi connectivity index (χ0) is 21.7. The van der Waals surface area contributed by atoms with E-state index in [-0.39, 0.29) is 44.9 Å². The number of hydrogen-bond acceptors (Lipinski definition) is 8. The highest BCUT2D eigenvalue weighted by Crippen LogP contribution is 2.39. The predicted molar refractivity (Wildman–Crippen MR) is 108 cm³/mol. The molecule has 1 N–H and O–H groups in total. The molecule has 0 spiro atoms. The Bertz CT molecular complexity index is 1570. The Morgan fingerprint density at radius 3 is 2.42 bits per heavy atom. The molecular weight excluding hydrogens is 406 g/mol. The molecule has 0 aliphatic carbocycles. The number of nitrogens with zero attached hydrogens (tertiary/aromatic N) is 1. The minimum absolute atomic E-state index is 0.0691. The predicted octanol–water partition coefficient (Wildman–Crippen LogP) is 4.64. The third kappa shape index (κ3) is 2.79. The van der Waals surface area contributed by atoms with Crippen molar-refractivity contribution in [1.29, 1.82) is 0 Å². The first-order chi connectivity index (χ1) is 15.0. The molecule has 0 fully saturated rings. The summed E-state index contributed by atoms with van der Waals surface area (Å²) in [6, 6.07) is 14.8. The van der Waals surface area contributed by atoms with Gasteiger partial charge in [-0.25, -0.2) is 4.79 Å². The van der Waals surface area contributed by atoms with E-state index < -0.39 is 22.2 Å². The van der Waals surface area contributed by atoms with E-state index in [1.54, 1.807) is 36.4 Å². The molecule has 2 aromatic carbocycles. The van der Waals surface area contributed by atoms with Crippen molar-refractivity contribution in [2.75, 3.05) is 0 Å². The maximum atomic E-state index is 13.3. The average Bonchev–Trinajstić information content (AvgIpc) is 3.39. The number of nitro groups is 1. The Morgan fingerprint density at radius 2 is 1.68 bits per heavy atom. The lowest BCUT2D eigenvalue weighted by atomic mass is 10.0. The van der Waals surface area contributed by atoms with Crippen LogP contribution in [0.25, 0.3) is 33.3 Å². The lowest BCUT2D eigenvalue weighted by molar-refractivity contribution is -0.401. The normalized spacial score (nSPS) is 11.2. The molecule has 0 unspecified atom stereocenters. The van der Waals surface area contributed by atoms with Crippen LogP contribution in [-0.2, 0) is 0 Å². The number of ketones is 1. The van der Waals surface area contributed by atoms with Crippen LogP contribution in [-0.4, -0.2) is 15.8 Å². The molecule has 0 atom stereocenters. The molecule has 9 heteroatoms. The van der Waals surface area contributed by atoms with Crippen molar-refractivity contribution in [3.63, 3.8) is 0 Å². The quantitative estimate of drug-likeness (QED) is 0.193. The number of benzene rings is 2. The highest BCUT2D eigenvalue weighted by Gasteiger charge is 2.30. The van der Waals surface area contributed by atoms with Gasteiger partial charge in [0.1, 0.15) is 27.4 Å². The lowest BCUT2D eigenvalue weighted by Gasteiger charge is -2.02. The van der Waals surface area contributed by atoms with Gasteiger partial charge in [0.25, 0.3) is 0 Å². The fraction of sp³-hybridized carbons (Fsp3) is 0. The second-order valence-corrected chi connectivity index (χ2v) is 6.64. The molecule has 9 nitrogen and oxygen atoms in total. The standard InChI is InChI=1S/C22H11NO8/c24-13-7-3-1-5-11(13)19(25)21-17(15-9-10-16(29-15)23(27)28)18-20(31-21)12-6-2-4-8-14(12)30-22(18)26/h1-10,24H. The van der Waals surface area contributed by atoms with E-state index in [9.17, 15) is 24.8 Å². The van der Waals surface area contributed by atoms with E-state index >= 15 is 0 Å². The van der Waals surface area contributed by atoms with Gasteiger partial charge in [-0.05, 0) is 30.3 Å². The van der Waals surface area contributed by atoms with Gasteiger partial charge in [0.2, 0.25) is 5.78 Å². The Morgan fingerprint density at radius 1 is 0.935 bits per heavy atom. The summed E-state index contributed by atoms with van der Waals surface area (Å²) in [7, 11) is 0. The van der Waals surface area contributed by atoms with Crippen molar-refractivity contribution in [2.24, 2.45) is 0 Å². The molecule has 0 aliphatic heterocycles. The number of hydrogen-bond donors (Lipinski definition) is 1. The number of furan rings is 2. The largest absolute Gasteiger partial charge is 0.507 e. The zero-order valence-electron chi connectivity index (χ0n) is 15.5. The topological polar surface area (TPSA) is 137 Å². The summed E-state index contributed by atoms with van der Waals surface area (Å²) in [4.78, 5) is 36.4. The number of phenolic OH excluding ortho intramolecular Hbond substituents is 1. The molecule has 5 aromatic rings. The van der Waals surface area contributed by atoms with E-state index in [2.05, 4.69) is 0 Å². The number of carbonyl (C=O) groups excluding carboxylic acids is 1. The Balaban J connectivity index is 1.89. The van der Waals surface area contributed by atoms with Gasteiger partial charge >= 0.3 is 11.5 Å². The van der Waals surface area contributed by atoms with Crippen LogP contribution in [0.2, 0.25) is 0 Å². The number of rotatable bonds is 4. The first-order valence-corrected chi connectivity index (χ1v) is 9.01. The minimum atomic E-state index is -0.803. The van der Waals surface area contributed by atoms with Crippen molar-refractivity contribution in [3.8, 4) is 17.1 Å². The Hall–Kier alpha value is -4.66. The van der Waals surface area contributed by atoms with E-state index in [1.165, 1.54) is 18.2 Å². The van der Waals surface area contributed by atoms with Crippen molar-refractivity contribution in [1.82, 2.24) is 0 Å². The summed E-state index contributed by atoms with van der Waals surface area (Å²) in [5.74, 6) is -2.03. The number of carbonyl (C=O) groups is 1. The molecule has 3 aromatic heterocycles. The summed E-state index contributed by atoms with van der Waals surface area (Å²) in [6.45, 7) is 0. The average molecular weight is 417 g/mol. The molecule has 0 bridgehead atoms. The summed E-state index contributed by atoms with van der Waals surface area (Å²) >= 11 is 0. The second-order valence-electron chi connectivity index (χ2n) is 6.64. The van der Waals surface area contributed by atoms with Crippen LogP contribution >= 0.6 is 0 Å². The van der Waals surface area contributed by atoms with Crippen LogP contribution in [0.4, 0.5) is 5.88 Å². The smallest absolute Gasteiger partial charge is 0.433 e. The van der Waals surface area contributed by atoms with Crippen molar-refractivity contribution >= 4 is 33.6 Å². The Kier molecular flexibility index (Phi) is 3.97. The fourth-order valence-corrected chi connectivity index (χ4v) is 3.45. The Labute approximate surface area is 171 Å². The molecule has 0 amide bonds.